The van der Waals surface area contributed by atoms with Gasteiger partial charge in [-0.15, -0.1) is 0 Å². The Kier molecular flexibility index (Phi) is 2.31. The number of imide groups is 1. The molecule has 1 atom stereocenters. The van der Waals surface area contributed by atoms with E-state index in [4.69, 9.17) is 0 Å². The van der Waals surface area contributed by atoms with Crippen LogP contribution in [0.1, 0.15) is 29.0 Å². The Labute approximate surface area is 88.5 Å². The minimum atomic E-state index is -0.293. The number of rotatable bonds is 1. The molecule has 0 aromatic heterocycles. The van der Waals surface area contributed by atoms with Crippen LogP contribution in [0.3, 0.4) is 0 Å². The summed E-state index contributed by atoms with van der Waals surface area (Å²) in [5.74, 6) is -0.643. The van der Waals surface area contributed by atoms with E-state index in [0.717, 1.165) is 11.1 Å². The minimum absolute atomic E-state index is 0.174. The van der Waals surface area contributed by atoms with E-state index in [9.17, 15) is 9.59 Å². The third-order valence-corrected chi connectivity index (χ3v) is 2.77. The zero-order valence-electron chi connectivity index (χ0n) is 8.83. The summed E-state index contributed by atoms with van der Waals surface area (Å²) < 4.78 is 0. The van der Waals surface area contributed by atoms with Crippen LogP contribution in [-0.2, 0) is 9.59 Å². The molecule has 15 heavy (non-hydrogen) atoms. The summed E-state index contributed by atoms with van der Waals surface area (Å²) >= 11 is 0. The second-order valence-corrected chi connectivity index (χ2v) is 4.03. The van der Waals surface area contributed by atoms with E-state index >= 15 is 0 Å². The molecule has 2 amide bonds. The summed E-state index contributed by atoms with van der Waals surface area (Å²) in [5.41, 5.74) is 3.20. The normalized spacial score (nSPS) is 20.5. The number of hydrogen-bond donors (Lipinski definition) is 1. The number of amides is 2. The van der Waals surface area contributed by atoms with Gasteiger partial charge in [0.05, 0.1) is 5.92 Å². The highest BCUT2D eigenvalue weighted by Gasteiger charge is 2.32. The van der Waals surface area contributed by atoms with Gasteiger partial charge in [-0.1, -0.05) is 23.8 Å². The monoisotopic (exact) mass is 203 g/mol. The van der Waals surface area contributed by atoms with E-state index in [-0.39, 0.29) is 24.2 Å². The van der Waals surface area contributed by atoms with Crippen molar-refractivity contribution in [3.63, 3.8) is 0 Å². The summed E-state index contributed by atoms with van der Waals surface area (Å²) in [4.78, 5) is 22.6. The largest absolute Gasteiger partial charge is 0.296 e. The van der Waals surface area contributed by atoms with Crippen molar-refractivity contribution in [1.29, 1.82) is 0 Å². The van der Waals surface area contributed by atoms with Crippen LogP contribution in [0.2, 0.25) is 0 Å². The van der Waals surface area contributed by atoms with Crippen molar-refractivity contribution in [2.45, 2.75) is 26.2 Å². The van der Waals surface area contributed by atoms with Crippen molar-refractivity contribution in [3.8, 4) is 0 Å². The van der Waals surface area contributed by atoms with Gasteiger partial charge in [0.1, 0.15) is 0 Å². The van der Waals surface area contributed by atoms with Gasteiger partial charge in [0.25, 0.3) is 0 Å². The number of carbonyl (C=O) groups excluding carboxylic acids is 2. The van der Waals surface area contributed by atoms with Gasteiger partial charge in [0, 0.05) is 6.42 Å². The molecule has 1 aliphatic rings. The lowest BCUT2D eigenvalue weighted by Crippen LogP contribution is -2.21. The van der Waals surface area contributed by atoms with Crippen LogP contribution in [0.5, 0.6) is 0 Å². The third kappa shape index (κ3) is 1.77. The van der Waals surface area contributed by atoms with Gasteiger partial charge < -0.3 is 0 Å². The van der Waals surface area contributed by atoms with Crippen LogP contribution in [0.4, 0.5) is 0 Å². The molecular weight excluding hydrogens is 190 g/mol. The maximum atomic E-state index is 11.5. The predicted octanol–water partition coefficient (Wildman–Crippen LogP) is 1.43. The predicted molar refractivity (Wildman–Crippen MR) is 56.4 cm³/mol. The van der Waals surface area contributed by atoms with Gasteiger partial charge >= 0.3 is 0 Å². The Bertz CT molecular complexity index is 437. The van der Waals surface area contributed by atoms with Crippen molar-refractivity contribution in [1.82, 2.24) is 5.32 Å². The second-order valence-electron chi connectivity index (χ2n) is 4.03. The summed E-state index contributed by atoms with van der Waals surface area (Å²) in [6, 6.07) is 5.94. The molecule has 1 fully saturated rings. The SMILES string of the molecule is Cc1ccc(C2CC(=O)NC2=O)c(C)c1. The van der Waals surface area contributed by atoms with E-state index in [1.165, 1.54) is 5.56 Å². The molecule has 1 saturated heterocycles. The number of aryl methyl sites for hydroxylation is 2. The van der Waals surface area contributed by atoms with E-state index in [1.807, 2.05) is 32.0 Å². The Balaban J connectivity index is 2.38. The quantitative estimate of drug-likeness (QED) is 0.702. The molecule has 78 valence electrons. The summed E-state index contributed by atoms with van der Waals surface area (Å²) in [6.45, 7) is 3.98. The van der Waals surface area contributed by atoms with Crippen molar-refractivity contribution in [2.24, 2.45) is 0 Å². The lowest BCUT2D eigenvalue weighted by Gasteiger charge is -2.10. The molecule has 1 N–H and O–H groups in total. The fraction of sp³-hybridized carbons (Fsp3) is 0.333. The Morgan fingerprint density at radius 1 is 1.27 bits per heavy atom. The standard InChI is InChI=1S/C12H13NO2/c1-7-3-4-9(8(2)5-7)10-6-11(14)13-12(10)15/h3-5,10H,6H2,1-2H3,(H,13,14,15). The molecule has 3 heteroatoms. The maximum absolute atomic E-state index is 11.5. The fourth-order valence-electron chi connectivity index (χ4n) is 2.02. The highest BCUT2D eigenvalue weighted by atomic mass is 16.2. The van der Waals surface area contributed by atoms with E-state index in [1.54, 1.807) is 0 Å². The lowest BCUT2D eigenvalue weighted by molar-refractivity contribution is -0.125. The van der Waals surface area contributed by atoms with E-state index in [2.05, 4.69) is 5.32 Å². The highest BCUT2D eigenvalue weighted by Crippen LogP contribution is 2.27. The molecule has 0 saturated carbocycles. The first-order valence-electron chi connectivity index (χ1n) is 4.99. The maximum Gasteiger partial charge on any atom is 0.234 e. The molecular formula is C12H13NO2. The Morgan fingerprint density at radius 3 is 2.53 bits per heavy atom. The van der Waals surface area contributed by atoms with Crippen LogP contribution in [0.15, 0.2) is 18.2 Å². The minimum Gasteiger partial charge on any atom is -0.296 e. The molecule has 1 heterocycles. The van der Waals surface area contributed by atoms with Gasteiger partial charge in [0.15, 0.2) is 0 Å². The summed E-state index contributed by atoms with van der Waals surface area (Å²) in [5, 5.41) is 2.33. The van der Waals surface area contributed by atoms with Gasteiger partial charge in [-0.25, -0.2) is 0 Å². The molecule has 2 rings (SSSR count). The van der Waals surface area contributed by atoms with Crippen LogP contribution in [-0.4, -0.2) is 11.8 Å². The van der Waals surface area contributed by atoms with Gasteiger partial charge in [0.2, 0.25) is 11.8 Å². The van der Waals surface area contributed by atoms with Crippen LogP contribution in [0.25, 0.3) is 0 Å². The summed E-state index contributed by atoms with van der Waals surface area (Å²) in [7, 11) is 0. The van der Waals surface area contributed by atoms with E-state index < -0.39 is 0 Å². The van der Waals surface area contributed by atoms with Gasteiger partial charge in [-0.2, -0.15) is 0 Å². The fourth-order valence-corrected chi connectivity index (χ4v) is 2.02. The molecule has 0 radical (unpaired) electrons. The first-order valence-corrected chi connectivity index (χ1v) is 4.99. The van der Waals surface area contributed by atoms with Crippen LogP contribution < -0.4 is 5.32 Å². The Hall–Kier alpha value is -1.64. The van der Waals surface area contributed by atoms with Gasteiger partial charge in [-0.05, 0) is 25.0 Å². The average Bonchev–Trinajstić information content (AvgIpc) is 2.45. The van der Waals surface area contributed by atoms with Crippen LogP contribution in [0, 0.1) is 13.8 Å². The molecule has 1 aromatic carbocycles. The van der Waals surface area contributed by atoms with Gasteiger partial charge in [-0.3, -0.25) is 14.9 Å². The number of carbonyl (C=O) groups is 2. The first-order chi connectivity index (χ1) is 7.08. The van der Waals surface area contributed by atoms with Crippen molar-refractivity contribution in [2.75, 3.05) is 0 Å². The van der Waals surface area contributed by atoms with Crippen molar-refractivity contribution in [3.05, 3.63) is 34.9 Å². The average molecular weight is 203 g/mol. The molecule has 0 spiro atoms. The molecule has 1 aliphatic heterocycles. The number of nitrogens with one attached hydrogen (secondary N) is 1. The van der Waals surface area contributed by atoms with Crippen LogP contribution >= 0.6 is 0 Å². The smallest absolute Gasteiger partial charge is 0.234 e. The number of hydrogen-bond acceptors (Lipinski definition) is 2. The zero-order valence-corrected chi connectivity index (χ0v) is 8.83. The number of benzene rings is 1. The molecule has 1 aromatic rings. The molecule has 1 unspecified atom stereocenters. The topological polar surface area (TPSA) is 46.2 Å². The second kappa shape index (κ2) is 3.50. The summed E-state index contributed by atoms with van der Waals surface area (Å²) in [6.07, 6.45) is 0.280. The van der Waals surface area contributed by atoms with Crippen molar-refractivity contribution < 1.29 is 9.59 Å². The first kappa shape index (κ1) is 9.90. The molecule has 0 bridgehead atoms. The highest BCUT2D eigenvalue weighted by molar-refractivity contribution is 6.06. The van der Waals surface area contributed by atoms with Crippen molar-refractivity contribution >= 4 is 11.8 Å². The lowest BCUT2D eigenvalue weighted by atomic mass is 9.92. The Morgan fingerprint density at radius 2 is 2.00 bits per heavy atom. The van der Waals surface area contributed by atoms with E-state index in [0.29, 0.717) is 0 Å². The zero-order chi connectivity index (χ0) is 11.0. The molecule has 0 aliphatic carbocycles. The third-order valence-electron chi connectivity index (χ3n) is 2.77. The molecule has 3 nitrogen and oxygen atoms in total.